The molecule has 0 aromatic heterocycles. The van der Waals surface area contributed by atoms with Gasteiger partial charge in [-0.15, -0.1) is 0 Å². The summed E-state index contributed by atoms with van der Waals surface area (Å²) in [5.41, 5.74) is 0.671. The second kappa shape index (κ2) is 10.3. The number of aliphatic hydroxyl groups is 1. The van der Waals surface area contributed by atoms with Crippen molar-refractivity contribution in [2.24, 2.45) is 5.92 Å². The third-order valence-electron chi connectivity index (χ3n) is 4.62. The first kappa shape index (κ1) is 20.4. The molecule has 1 heterocycles. The Balaban J connectivity index is 1.70. The number of Topliss-reactive ketones (excluding diaryl/α,β-unsaturated/α-hetero) is 1. The molecule has 1 aromatic rings. The molecule has 0 radical (unpaired) electrons. The summed E-state index contributed by atoms with van der Waals surface area (Å²) < 4.78 is 10.7. The summed E-state index contributed by atoms with van der Waals surface area (Å²) >= 11 is 0. The minimum atomic E-state index is -0.605. The van der Waals surface area contributed by atoms with E-state index < -0.39 is 6.10 Å². The Hall–Kier alpha value is -1.92. The number of piperidine rings is 1. The topological polar surface area (TPSA) is 76.1 Å². The van der Waals surface area contributed by atoms with E-state index in [1.807, 2.05) is 13.8 Å². The molecular weight excluding hydrogens is 334 g/mol. The van der Waals surface area contributed by atoms with Gasteiger partial charge in [0.1, 0.15) is 18.5 Å². The zero-order valence-corrected chi connectivity index (χ0v) is 15.6. The number of carbonyl (C=O) groups is 2. The highest BCUT2D eigenvalue weighted by molar-refractivity contribution is 5.95. The number of esters is 1. The second-order valence-electron chi connectivity index (χ2n) is 6.59. The van der Waals surface area contributed by atoms with Crippen LogP contribution in [0.15, 0.2) is 24.3 Å². The maximum absolute atomic E-state index is 11.7. The highest BCUT2D eigenvalue weighted by atomic mass is 16.5. The lowest BCUT2D eigenvalue weighted by atomic mass is 9.97. The summed E-state index contributed by atoms with van der Waals surface area (Å²) in [5, 5.41) is 10.2. The van der Waals surface area contributed by atoms with Crippen LogP contribution in [0.3, 0.4) is 0 Å². The van der Waals surface area contributed by atoms with Crippen molar-refractivity contribution in [3.8, 4) is 5.75 Å². The number of nitrogens with zero attached hydrogens (tertiary/aromatic N) is 1. The van der Waals surface area contributed by atoms with Gasteiger partial charge >= 0.3 is 5.97 Å². The van der Waals surface area contributed by atoms with Crippen LogP contribution < -0.4 is 4.74 Å². The summed E-state index contributed by atoms with van der Waals surface area (Å²) in [6.07, 6.45) is 1.40. The third-order valence-corrected chi connectivity index (χ3v) is 4.62. The second-order valence-corrected chi connectivity index (χ2v) is 6.59. The average Bonchev–Trinajstić information content (AvgIpc) is 2.67. The molecule has 1 aliphatic heterocycles. The standard InChI is InChI=1S/C20H29NO5/c1-3-19(23)15-5-7-18(8-6-15)26-14-17(22)13-21-11-9-16(10-12-21)20(24)25-4-2/h5-8,16-17,22H,3-4,9-14H2,1-2H3/t17-/m1/s1. The van der Waals surface area contributed by atoms with Crippen molar-refractivity contribution in [3.05, 3.63) is 29.8 Å². The number of likely N-dealkylation sites (tertiary alicyclic amines) is 1. The maximum Gasteiger partial charge on any atom is 0.309 e. The number of ketones is 1. The number of aliphatic hydroxyl groups excluding tert-OH is 1. The van der Waals surface area contributed by atoms with Crippen molar-refractivity contribution in [3.63, 3.8) is 0 Å². The normalized spacial score (nSPS) is 16.9. The summed E-state index contributed by atoms with van der Waals surface area (Å²) in [6, 6.07) is 6.99. The summed E-state index contributed by atoms with van der Waals surface area (Å²) in [4.78, 5) is 25.5. The smallest absolute Gasteiger partial charge is 0.309 e. The van der Waals surface area contributed by atoms with E-state index >= 15 is 0 Å². The molecule has 6 nitrogen and oxygen atoms in total. The molecule has 1 aromatic carbocycles. The Labute approximate surface area is 155 Å². The van der Waals surface area contributed by atoms with Gasteiger partial charge in [0.2, 0.25) is 0 Å². The van der Waals surface area contributed by atoms with Gasteiger partial charge in [0.15, 0.2) is 5.78 Å². The van der Waals surface area contributed by atoms with Gasteiger partial charge in [-0.05, 0) is 57.1 Å². The number of β-amino-alcohol motifs (C(OH)–C–C–N with tert-alkyl or cyclic N) is 1. The van der Waals surface area contributed by atoms with Gasteiger partial charge in [-0.1, -0.05) is 6.92 Å². The zero-order valence-electron chi connectivity index (χ0n) is 15.6. The Bertz CT molecular complexity index is 578. The molecule has 0 bridgehead atoms. The van der Waals surface area contributed by atoms with Crippen LogP contribution in [0.4, 0.5) is 0 Å². The van der Waals surface area contributed by atoms with Gasteiger partial charge in [-0.2, -0.15) is 0 Å². The number of benzene rings is 1. The quantitative estimate of drug-likeness (QED) is 0.536. The van der Waals surface area contributed by atoms with E-state index in [1.54, 1.807) is 24.3 Å². The van der Waals surface area contributed by atoms with Gasteiger partial charge in [0, 0.05) is 18.5 Å². The molecular formula is C20H29NO5. The Morgan fingerprint density at radius 2 is 1.85 bits per heavy atom. The number of rotatable bonds is 9. The van der Waals surface area contributed by atoms with Crippen LogP contribution in [0.1, 0.15) is 43.5 Å². The fraction of sp³-hybridized carbons (Fsp3) is 0.600. The molecule has 0 amide bonds. The molecule has 144 valence electrons. The van der Waals surface area contributed by atoms with Gasteiger partial charge in [0.05, 0.1) is 12.5 Å². The minimum absolute atomic E-state index is 0.0241. The first-order valence-corrected chi connectivity index (χ1v) is 9.36. The Morgan fingerprint density at radius 1 is 1.19 bits per heavy atom. The largest absolute Gasteiger partial charge is 0.491 e. The number of hydrogen-bond acceptors (Lipinski definition) is 6. The van der Waals surface area contributed by atoms with Crippen molar-refractivity contribution in [2.45, 2.75) is 39.2 Å². The molecule has 1 atom stereocenters. The lowest BCUT2D eigenvalue weighted by molar-refractivity contribution is -0.149. The van der Waals surface area contributed by atoms with E-state index in [4.69, 9.17) is 9.47 Å². The molecule has 0 aliphatic carbocycles. The molecule has 6 heteroatoms. The molecule has 1 saturated heterocycles. The average molecular weight is 363 g/mol. The van der Waals surface area contributed by atoms with Gasteiger partial charge in [-0.3, -0.25) is 9.59 Å². The highest BCUT2D eigenvalue weighted by Gasteiger charge is 2.26. The molecule has 26 heavy (non-hydrogen) atoms. The fourth-order valence-corrected chi connectivity index (χ4v) is 3.10. The van der Waals surface area contributed by atoms with Crippen molar-refractivity contribution in [2.75, 3.05) is 32.8 Å². The highest BCUT2D eigenvalue weighted by Crippen LogP contribution is 2.19. The van der Waals surface area contributed by atoms with E-state index in [0.717, 1.165) is 25.9 Å². The van der Waals surface area contributed by atoms with Crippen LogP contribution in [0.2, 0.25) is 0 Å². The minimum Gasteiger partial charge on any atom is -0.491 e. The number of ether oxygens (including phenoxy) is 2. The first-order chi connectivity index (χ1) is 12.5. The summed E-state index contributed by atoms with van der Waals surface area (Å²) in [7, 11) is 0. The van der Waals surface area contributed by atoms with E-state index in [1.165, 1.54) is 0 Å². The zero-order chi connectivity index (χ0) is 18.9. The van der Waals surface area contributed by atoms with Crippen LogP contribution in [-0.2, 0) is 9.53 Å². The van der Waals surface area contributed by atoms with Gasteiger partial charge < -0.3 is 19.5 Å². The fourth-order valence-electron chi connectivity index (χ4n) is 3.10. The van der Waals surface area contributed by atoms with Crippen LogP contribution in [-0.4, -0.2) is 60.7 Å². The van der Waals surface area contributed by atoms with Gasteiger partial charge in [-0.25, -0.2) is 0 Å². The van der Waals surface area contributed by atoms with Crippen molar-refractivity contribution < 1.29 is 24.2 Å². The summed E-state index contributed by atoms with van der Waals surface area (Å²) in [6.45, 7) is 6.32. The molecule has 0 saturated carbocycles. The molecule has 0 spiro atoms. The molecule has 2 rings (SSSR count). The predicted octanol–water partition coefficient (Wildman–Crippen LogP) is 2.29. The van der Waals surface area contributed by atoms with E-state index in [2.05, 4.69) is 4.90 Å². The summed E-state index contributed by atoms with van der Waals surface area (Å²) in [5.74, 6) is 0.602. The lowest BCUT2D eigenvalue weighted by Crippen LogP contribution is -2.42. The van der Waals surface area contributed by atoms with Crippen LogP contribution >= 0.6 is 0 Å². The van der Waals surface area contributed by atoms with E-state index in [0.29, 0.717) is 30.9 Å². The van der Waals surface area contributed by atoms with E-state index in [9.17, 15) is 14.7 Å². The van der Waals surface area contributed by atoms with Crippen LogP contribution in [0, 0.1) is 5.92 Å². The lowest BCUT2D eigenvalue weighted by Gasteiger charge is -2.32. The predicted molar refractivity (Wildman–Crippen MR) is 98.4 cm³/mol. The number of carbonyl (C=O) groups excluding carboxylic acids is 2. The Morgan fingerprint density at radius 3 is 2.42 bits per heavy atom. The van der Waals surface area contributed by atoms with Crippen molar-refractivity contribution >= 4 is 11.8 Å². The van der Waals surface area contributed by atoms with Crippen molar-refractivity contribution in [1.29, 1.82) is 0 Å². The molecule has 0 unspecified atom stereocenters. The molecule has 1 aliphatic rings. The third kappa shape index (κ3) is 6.11. The molecule has 1 fully saturated rings. The SMILES string of the molecule is CCOC(=O)C1CCN(C[C@@H](O)COc2ccc(C(=O)CC)cc2)CC1. The van der Waals surface area contributed by atoms with E-state index in [-0.39, 0.29) is 24.3 Å². The van der Waals surface area contributed by atoms with Gasteiger partial charge in [0.25, 0.3) is 0 Å². The number of hydrogen-bond donors (Lipinski definition) is 1. The first-order valence-electron chi connectivity index (χ1n) is 9.36. The van der Waals surface area contributed by atoms with Crippen molar-refractivity contribution in [1.82, 2.24) is 4.90 Å². The molecule has 1 N–H and O–H groups in total. The van der Waals surface area contributed by atoms with Crippen LogP contribution in [0.25, 0.3) is 0 Å². The Kier molecular flexibility index (Phi) is 8.06. The maximum atomic E-state index is 11.7. The van der Waals surface area contributed by atoms with Crippen LogP contribution in [0.5, 0.6) is 5.75 Å². The monoisotopic (exact) mass is 363 g/mol.